The summed E-state index contributed by atoms with van der Waals surface area (Å²) in [6.07, 6.45) is 0.936. The molecule has 0 fully saturated rings. The van der Waals surface area contributed by atoms with E-state index < -0.39 is 0 Å². The van der Waals surface area contributed by atoms with Crippen molar-refractivity contribution in [2.75, 3.05) is 0 Å². The fourth-order valence-corrected chi connectivity index (χ4v) is 1.85. The monoisotopic (exact) mass is 206 g/mol. The van der Waals surface area contributed by atoms with E-state index in [0.29, 0.717) is 12.4 Å². The Labute approximate surface area is 91.3 Å². The molecule has 2 heteroatoms. The van der Waals surface area contributed by atoms with Crippen LogP contribution in [0.25, 0.3) is 0 Å². The molecule has 0 N–H and O–H groups in total. The van der Waals surface area contributed by atoms with E-state index in [1.165, 1.54) is 5.56 Å². The zero-order valence-corrected chi connectivity index (χ0v) is 9.83. The molecular formula is C13H18O2. The van der Waals surface area contributed by atoms with Crippen molar-refractivity contribution < 1.29 is 9.53 Å². The Morgan fingerprint density at radius 1 is 1.33 bits per heavy atom. The molecule has 0 aliphatic rings. The molecule has 0 radical (unpaired) electrons. The van der Waals surface area contributed by atoms with Crippen molar-refractivity contribution in [3.63, 3.8) is 0 Å². The van der Waals surface area contributed by atoms with Crippen molar-refractivity contribution in [2.45, 2.75) is 34.1 Å². The molecule has 82 valence electrons. The summed E-state index contributed by atoms with van der Waals surface area (Å²) in [5.74, 6) is 1.28. The van der Waals surface area contributed by atoms with Crippen LogP contribution in [0.4, 0.5) is 0 Å². The molecule has 1 rings (SSSR count). The molecule has 2 nitrogen and oxygen atoms in total. The predicted octanol–water partition coefficient (Wildman–Crippen LogP) is 3.04. The lowest BCUT2D eigenvalue weighted by Crippen LogP contribution is -2.02. The first-order valence-electron chi connectivity index (χ1n) is 5.25. The number of ether oxygens (including phenoxy) is 1. The van der Waals surface area contributed by atoms with Crippen LogP contribution >= 0.6 is 0 Å². The van der Waals surface area contributed by atoms with Crippen molar-refractivity contribution in [2.24, 2.45) is 5.92 Å². The van der Waals surface area contributed by atoms with E-state index in [4.69, 9.17) is 4.74 Å². The van der Waals surface area contributed by atoms with E-state index >= 15 is 0 Å². The topological polar surface area (TPSA) is 26.3 Å². The van der Waals surface area contributed by atoms with Gasteiger partial charge in [0.1, 0.15) is 5.75 Å². The van der Waals surface area contributed by atoms with Gasteiger partial charge in [0.15, 0.2) is 0 Å². The standard InChI is InChI=1S/C13H18O2/c1-9(2)5-12-7-10(3)6-11(4)13(12)15-8-14/h6-9H,5H2,1-4H3. The van der Waals surface area contributed by atoms with Crippen LogP contribution in [0.3, 0.4) is 0 Å². The van der Waals surface area contributed by atoms with Gasteiger partial charge in [-0.1, -0.05) is 31.5 Å². The molecule has 0 saturated heterocycles. The Kier molecular flexibility index (Phi) is 3.89. The third kappa shape index (κ3) is 3.08. The minimum atomic E-state index is 0.501. The Morgan fingerprint density at radius 2 is 2.00 bits per heavy atom. The molecule has 0 spiro atoms. The summed E-state index contributed by atoms with van der Waals surface area (Å²) in [6.45, 7) is 8.84. The first-order valence-corrected chi connectivity index (χ1v) is 5.25. The molecule has 15 heavy (non-hydrogen) atoms. The summed E-state index contributed by atoms with van der Waals surface area (Å²) < 4.78 is 5.04. The van der Waals surface area contributed by atoms with Crippen LogP contribution in [0.2, 0.25) is 0 Å². The predicted molar refractivity (Wildman–Crippen MR) is 61.2 cm³/mol. The molecular weight excluding hydrogens is 188 g/mol. The molecule has 0 aliphatic heterocycles. The lowest BCUT2D eigenvalue weighted by atomic mass is 9.98. The van der Waals surface area contributed by atoms with Crippen LogP contribution < -0.4 is 4.74 Å². The summed E-state index contributed by atoms with van der Waals surface area (Å²) in [5, 5.41) is 0. The highest BCUT2D eigenvalue weighted by atomic mass is 16.5. The van der Waals surface area contributed by atoms with Gasteiger partial charge in [0, 0.05) is 0 Å². The number of rotatable bonds is 4. The van der Waals surface area contributed by atoms with Gasteiger partial charge in [0.05, 0.1) is 0 Å². The fourth-order valence-electron chi connectivity index (χ4n) is 1.85. The largest absolute Gasteiger partial charge is 0.428 e. The Balaban J connectivity index is 3.13. The SMILES string of the molecule is Cc1cc(C)c(OC=O)c(CC(C)C)c1. The second-order valence-corrected chi connectivity index (χ2v) is 4.38. The van der Waals surface area contributed by atoms with Crippen molar-refractivity contribution >= 4 is 6.47 Å². The van der Waals surface area contributed by atoms with Gasteiger partial charge in [-0.25, -0.2) is 0 Å². The zero-order chi connectivity index (χ0) is 11.4. The van der Waals surface area contributed by atoms with Crippen LogP contribution in [-0.2, 0) is 11.2 Å². The molecule has 0 unspecified atom stereocenters. The normalized spacial score (nSPS) is 10.5. The summed E-state index contributed by atoms with van der Waals surface area (Å²) in [5.41, 5.74) is 3.36. The maximum Gasteiger partial charge on any atom is 0.298 e. The number of benzene rings is 1. The molecule has 0 atom stereocenters. The number of hydrogen-bond donors (Lipinski definition) is 0. The van der Waals surface area contributed by atoms with Gasteiger partial charge in [-0.15, -0.1) is 0 Å². The number of hydrogen-bond acceptors (Lipinski definition) is 2. The second kappa shape index (κ2) is 4.96. The van der Waals surface area contributed by atoms with Gasteiger partial charge >= 0.3 is 0 Å². The first-order chi connectivity index (χ1) is 7.04. The third-order valence-electron chi connectivity index (χ3n) is 2.29. The van der Waals surface area contributed by atoms with Gasteiger partial charge in [0.25, 0.3) is 6.47 Å². The smallest absolute Gasteiger partial charge is 0.298 e. The van der Waals surface area contributed by atoms with E-state index in [-0.39, 0.29) is 0 Å². The van der Waals surface area contributed by atoms with Gasteiger partial charge in [0.2, 0.25) is 0 Å². The lowest BCUT2D eigenvalue weighted by Gasteiger charge is -2.13. The van der Waals surface area contributed by atoms with Gasteiger partial charge in [-0.3, -0.25) is 4.79 Å². The highest BCUT2D eigenvalue weighted by molar-refractivity contribution is 5.52. The average Bonchev–Trinajstić information content (AvgIpc) is 2.10. The summed E-state index contributed by atoms with van der Waals surface area (Å²) >= 11 is 0. The van der Waals surface area contributed by atoms with Crippen LogP contribution in [0.15, 0.2) is 12.1 Å². The first kappa shape index (κ1) is 11.8. The Morgan fingerprint density at radius 3 is 2.53 bits per heavy atom. The molecule has 0 saturated carbocycles. The summed E-state index contributed by atoms with van der Waals surface area (Å²) in [6, 6.07) is 4.12. The lowest BCUT2D eigenvalue weighted by molar-refractivity contribution is -0.120. The minimum absolute atomic E-state index is 0.501. The van der Waals surface area contributed by atoms with E-state index in [1.54, 1.807) is 0 Å². The van der Waals surface area contributed by atoms with Crippen molar-refractivity contribution in [3.05, 3.63) is 28.8 Å². The molecule has 0 bridgehead atoms. The molecule has 0 aromatic heterocycles. The number of carbonyl (C=O) groups is 1. The number of carbonyl (C=O) groups excluding carboxylic acids is 1. The highest BCUT2D eigenvalue weighted by Gasteiger charge is 2.09. The van der Waals surface area contributed by atoms with Crippen LogP contribution in [-0.4, -0.2) is 6.47 Å². The van der Waals surface area contributed by atoms with Crippen LogP contribution in [0.1, 0.15) is 30.5 Å². The van der Waals surface area contributed by atoms with E-state index in [0.717, 1.165) is 23.3 Å². The average molecular weight is 206 g/mol. The molecule has 0 heterocycles. The van der Waals surface area contributed by atoms with Crippen LogP contribution in [0, 0.1) is 19.8 Å². The molecule has 1 aromatic carbocycles. The van der Waals surface area contributed by atoms with Gasteiger partial charge < -0.3 is 4.74 Å². The van der Waals surface area contributed by atoms with Crippen LogP contribution in [0.5, 0.6) is 5.75 Å². The molecule has 1 aromatic rings. The fraction of sp³-hybridized carbons (Fsp3) is 0.462. The Bertz CT molecular complexity index is 354. The minimum Gasteiger partial charge on any atom is -0.428 e. The van der Waals surface area contributed by atoms with Gasteiger partial charge in [-0.05, 0) is 37.3 Å². The molecule has 0 amide bonds. The maximum atomic E-state index is 10.4. The third-order valence-corrected chi connectivity index (χ3v) is 2.29. The van der Waals surface area contributed by atoms with Gasteiger partial charge in [-0.2, -0.15) is 0 Å². The van der Waals surface area contributed by atoms with E-state index in [1.807, 2.05) is 13.0 Å². The Hall–Kier alpha value is -1.31. The number of aryl methyl sites for hydroxylation is 2. The summed E-state index contributed by atoms with van der Waals surface area (Å²) in [4.78, 5) is 10.4. The van der Waals surface area contributed by atoms with Crippen molar-refractivity contribution in [1.29, 1.82) is 0 Å². The van der Waals surface area contributed by atoms with Crippen molar-refractivity contribution in [1.82, 2.24) is 0 Å². The maximum absolute atomic E-state index is 10.4. The van der Waals surface area contributed by atoms with E-state index in [2.05, 4.69) is 26.8 Å². The second-order valence-electron chi connectivity index (χ2n) is 4.38. The van der Waals surface area contributed by atoms with E-state index in [9.17, 15) is 4.79 Å². The summed E-state index contributed by atoms with van der Waals surface area (Å²) in [7, 11) is 0. The zero-order valence-electron chi connectivity index (χ0n) is 9.83. The quantitative estimate of drug-likeness (QED) is 0.708. The molecule has 0 aliphatic carbocycles. The van der Waals surface area contributed by atoms with Crippen molar-refractivity contribution in [3.8, 4) is 5.75 Å². The highest BCUT2D eigenvalue weighted by Crippen LogP contribution is 2.27.